The molecule has 2 unspecified atom stereocenters. The number of allylic oxidation sites excluding steroid dienone is 1. The van der Waals surface area contributed by atoms with Crippen LogP contribution in [-0.4, -0.2) is 44.4 Å². The standard InChI is InChI=1S/C20H26N4OS/c1-4-10-24-19(17-8-6-5-7-9-17)21-22-20(24)26-14-18(25)23-12-15(2)11-16(3)13-23/h4-9,15-16H,1,10-14H2,2-3H3. The van der Waals surface area contributed by atoms with Crippen molar-refractivity contribution in [3.63, 3.8) is 0 Å². The predicted molar refractivity (Wildman–Crippen MR) is 106 cm³/mol. The SMILES string of the molecule is C=CCn1c(SCC(=O)N2CC(C)CC(C)C2)nnc1-c1ccccc1. The number of amides is 1. The summed E-state index contributed by atoms with van der Waals surface area (Å²) in [6.07, 6.45) is 3.03. The number of nitrogens with zero attached hydrogens (tertiary/aromatic N) is 4. The Bertz CT molecular complexity index is 748. The molecule has 1 saturated heterocycles. The fourth-order valence-electron chi connectivity index (χ4n) is 3.57. The molecule has 0 bridgehead atoms. The summed E-state index contributed by atoms with van der Waals surface area (Å²) in [5.41, 5.74) is 1.01. The Hall–Kier alpha value is -2.08. The van der Waals surface area contributed by atoms with Gasteiger partial charge in [-0.1, -0.05) is 62.0 Å². The number of aromatic nitrogens is 3. The molecule has 5 nitrogen and oxygen atoms in total. The van der Waals surface area contributed by atoms with Gasteiger partial charge in [-0.2, -0.15) is 0 Å². The van der Waals surface area contributed by atoms with Gasteiger partial charge in [-0.15, -0.1) is 16.8 Å². The van der Waals surface area contributed by atoms with Gasteiger partial charge in [-0.25, -0.2) is 0 Å². The van der Waals surface area contributed by atoms with E-state index in [2.05, 4.69) is 30.6 Å². The van der Waals surface area contributed by atoms with Crippen molar-refractivity contribution in [2.24, 2.45) is 11.8 Å². The van der Waals surface area contributed by atoms with E-state index in [4.69, 9.17) is 0 Å². The molecule has 0 N–H and O–H groups in total. The number of benzene rings is 1. The predicted octanol–water partition coefficient (Wildman–Crippen LogP) is 3.73. The lowest BCUT2D eigenvalue weighted by molar-refractivity contribution is -0.130. The average molecular weight is 371 g/mol. The average Bonchev–Trinajstić information content (AvgIpc) is 3.02. The normalized spacial score (nSPS) is 20.2. The van der Waals surface area contributed by atoms with E-state index in [1.54, 1.807) is 0 Å². The molecule has 2 aromatic rings. The van der Waals surface area contributed by atoms with Gasteiger partial charge in [0.2, 0.25) is 5.91 Å². The van der Waals surface area contributed by atoms with Crippen LogP contribution < -0.4 is 0 Å². The van der Waals surface area contributed by atoms with E-state index in [0.717, 1.165) is 29.6 Å². The molecule has 1 aromatic carbocycles. The van der Waals surface area contributed by atoms with Crippen molar-refractivity contribution in [2.45, 2.75) is 32.0 Å². The first-order valence-electron chi connectivity index (χ1n) is 9.08. The maximum Gasteiger partial charge on any atom is 0.233 e. The van der Waals surface area contributed by atoms with Crippen molar-refractivity contribution in [1.29, 1.82) is 0 Å². The quantitative estimate of drug-likeness (QED) is 0.574. The number of carbonyl (C=O) groups excluding carboxylic acids is 1. The zero-order valence-corrected chi connectivity index (χ0v) is 16.3. The molecule has 1 aliphatic rings. The van der Waals surface area contributed by atoms with Gasteiger partial charge in [0.15, 0.2) is 11.0 Å². The Balaban J connectivity index is 1.71. The van der Waals surface area contributed by atoms with Crippen LogP contribution in [0.3, 0.4) is 0 Å². The van der Waals surface area contributed by atoms with E-state index < -0.39 is 0 Å². The van der Waals surface area contributed by atoms with Crippen LogP contribution >= 0.6 is 11.8 Å². The summed E-state index contributed by atoms with van der Waals surface area (Å²) in [6, 6.07) is 9.97. The summed E-state index contributed by atoms with van der Waals surface area (Å²) in [5.74, 6) is 2.52. The molecule has 0 spiro atoms. The molecule has 3 rings (SSSR count). The van der Waals surface area contributed by atoms with Crippen molar-refractivity contribution in [2.75, 3.05) is 18.8 Å². The summed E-state index contributed by atoms with van der Waals surface area (Å²) in [4.78, 5) is 14.6. The fraction of sp³-hybridized carbons (Fsp3) is 0.450. The minimum Gasteiger partial charge on any atom is -0.341 e. The second-order valence-corrected chi connectivity index (χ2v) is 8.05. The van der Waals surface area contributed by atoms with Crippen LogP contribution in [0.15, 0.2) is 48.1 Å². The topological polar surface area (TPSA) is 51.0 Å². The minimum atomic E-state index is 0.183. The van der Waals surface area contributed by atoms with E-state index in [1.165, 1.54) is 18.2 Å². The molecule has 2 heterocycles. The van der Waals surface area contributed by atoms with Crippen LogP contribution in [0, 0.1) is 11.8 Å². The van der Waals surface area contributed by atoms with Crippen LogP contribution in [0.1, 0.15) is 20.3 Å². The molecule has 138 valence electrons. The maximum atomic E-state index is 12.6. The Morgan fingerprint density at radius 1 is 1.23 bits per heavy atom. The third-order valence-electron chi connectivity index (χ3n) is 4.61. The van der Waals surface area contributed by atoms with Crippen molar-refractivity contribution < 1.29 is 4.79 Å². The van der Waals surface area contributed by atoms with Gasteiger partial charge in [0.25, 0.3) is 0 Å². The first kappa shape index (κ1) is 18.7. The highest BCUT2D eigenvalue weighted by molar-refractivity contribution is 7.99. The summed E-state index contributed by atoms with van der Waals surface area (Å²) >= 11 is 1.46. The maximum absolute atomic E-state index is 12.6. The fourth-order valence-corrected chi connectivity index (χ4v) is 4.42. The van der Waals surface area contributed by atoms with Gasteiger partial charge < -0.3 is 4.90 Å². The van der Waals surface area contributed by atoms with Crippen LogP contribution in [0.25, 0.3) is 11.4 Å². The largest absolute Gasteiger partial charge is 0.341 e. The molecule has 0 aliphatic carbocycles. The molecular weight excluding hydrogens is 344 g/mol. The van der Waals surface area contributed by atoms with Crippen molar-refractivity contribution in [3.8, 4) is 11.4 Å². The van der Waals surface area contributed by atoms with E-state index in [1.807, 2.05) is 45.9 Å². The Kier molecular flexibility index (Phi) is 6.14. The van der Waals surface area contributed by atoms with E-state index in [9.17, 15) is 4.79 Å². The number of hydrogen-bond acceptors (Lipinski definition) is 4. The highest BCUT2D eigenvalue weighted by atomic mass is 32.2. The molecular formula is C20H26N4OS. The molecule has 0 radical (unpaired) electrons. The molecule has 1 amide bonds. The van der Waals surface area contributed by atoms with Gasteiger partial charge in [0.1, 0.15) is 0 Å². The molecule has 1 aromatic heterocycles. The summed E-state index contributed by atoms with van der Waals surface area (Å²) in [6.45, 7) is 10.6. The highest BCUT2D eigenvalue weighted by Crippen LogP contribution is 2.26. The van der Waals surface area contributed by atoms with E-state index in [0.29, 0.717) is 24.1 Å². The summed E-state index contributed by atoms with van der Waals surface area (Å²) in [5, 5.41) is 9.41. The zero-order chi connectivity index (χ0) is 18.5. The van der Waals surface area contributed by atoms with Crippen LogP contribution in [0.2, 0.25) is 0 Å². The number of likely N-dealkylation sites (tertiary alicyclic amines) is 1. The lowest BCUT2D eigenvalue weighted by Crippen LogP contribution is -2.43. The van der Waals surface area contributed by atoms with Crippen LogP contribution in [0.4, 0.5) is 0 Å². The lowest BCUT2D eigenvalue weighted by atomic mass is 9.92. The molecule has 1 aliphatic heterocycles. The smallest absolute Gasteiger partial charge is 0.233 e. The van der Waals surface area contributed by atoms with Crippen molar-refractivity contribution >= 4 is 17.7 Å². The number of rotatable bonds is 6. The van der Waals surface area contributed by atoms with Gasteiger partial charge in [0.05, 0.1) is 5.75 Å². The molecule has 26 heavy (non-hydrogen) atoms. The molecule has 1 fully saturated rings. The van der Waals surface area contributed by atoms with Crippen molar-refractivity contribution in [3.05, 3.63) is 43.0 Å². The molecule has 0 saturated carbocycles. The highest BCUT2D eigenvalue weighted by Gasteiger charge is 2.25. The minimum absolute atomic E-state index is 0.183. The van der Waals surface area contributed by atoms with Crippen LogP contribution in [0.5, 0.6) is 0 Å². The third kappa shape index (κ3) is 4.36. The van der Waals surface area contributed by atoms with Gasteiger partial charge in [0, 0.05) is 25.2 Å². The molecule has 6 heteroatoms. The number of carbonyl (C=O) groups is 1. The summed E-state index contributed by atoms with van der Waals surface area (Å²) < 4.78 is 2.02. The third-order valence-corrected chi connectivity index (χ3v) is 5.56. The second-order valence-electron chi connectivity index (χ2n) is 7.10. The number of hydrogen-bond donors (Lipinski definition) is 0. The number of thioether (sulfide) groups is 1. The van der Waals surface area contributed by atoms with Crippen LogP contribution in [-0.2, 0) is 11.3 Å². The van der Waals surface area contributed by atoms with Gasteiger partial charge >= 0.3 is 0 Å². The Labute approximate surface area is 159 Å². The van der Waals surface area contributed by atoms with Gasteiger partial charge in [-0.05, 0) is 18.3 Å². The van der Waals surface area contributed by atoms with Crippen molar-refractivity contribution in [1.82, 2.24) is 19.7 Å². The Morgan fingerprint density at radius 3 is 2.58 bits per heavy atom. The molecule has 2 atom stereocenters. The number of piperidine rings is 1. The Morgan fingerprint density at radius 2 is 1.92 bits per heavy atom. The zero-order valence-electron chi connectivity index (χ0n) is 15.5. The first-order valence-corrected chi connectivity index (χ1v) is 10.1. The second kappa shape index (κ2) is 8.54. The first-order chi connectivity index (χ1) is 12.6. The lowest BCUT2D eigenvalue weighted by Gasteiger charge is -2.34. The van der Waals surface area contributed by atoms with E-state index >= 15 is 0 Å². The van der Waals surface area contributed by atoms with Gasteiger partial charge in [-0.3, -0.25) is 9.36 Å². The monoisotopic (exact) mass is 370 g/mol. The summed E-state index contributed by atoms with van der Waals surface area (Å²) in [7, 11) is 0. The van der Waals surface area contributed by atoms with E-state index in [-0.39, 0.29) is 5.91 Å².